The summed E-state index contributed by atoms with van der Waals surface area (Å²) in [6, 6.07) is 8.88. The molecule has 0 saturated heterocycles. The van der Waals surface area contributed by atoms with Crippen molar-refractivity contribution >= 4 is 11.9 Å². The minimum Gasteiger partial charge on any atom is -0.481 e. The molecule has 0 radical (unpaired) electrons. The van der Waals surface area contributed by atoms with Gasteiger partial charge < -0.3 is 15.3 Å². The molecular weight excluding hydrogens is 268 g/mol. The summed E-state index contributed by atoms with van der Waals surface area (Å²) in [6.45, 7) is 5.80. The molecular formula is C16H24N2O3. The van der Waals surface area contributed by atoms with E-state index in [0.717, 1.165) is 13.1 Å². The summed E-state index contributed by atoms with van der Waals surface area (Å²) in [6.07, 6.45) is -0.0673. The standard InChI is InChI=1S/C16H24N2O3/c1-4-18(3)11-10-17-14(19)12-16(2,15(20)21)13-8-6-5-7-9-13/h5-9H,4,10-12H2,1-3H3,(H,17,19)(H,20,21). The average Bonchev–Trinajstić information content (AvgIpc) is 2.47. The van der Waals surface area contributed by atoms with Crippen LogP contribution in [0.1, 0.15) is 25.8 Å². The summed E-state index contributed by atoms with van der Waals surface area (Å²) >= 11 is 0. The van der Waals surface area contributed by atoms with E-state index >= 15 is 0 Å². The molecule has 2 N–H and O–H groups in total. The van der Waals surface area contributed by atoms with Crippen molar-refractivity contribution in [2.45, 2.75) is 25.7 Å². The number of hydrogen-bond donors (Lipinski definition) is 2. The van der Waals surface area contributed by atoms with Gasteiger partial charge in [-0.2, -0.15) is 0 Å². The summed E-state index contributed by atoms with van der Waals surface area (Å²) in [5.41, 5.74) is -0.569. The van der Waals surface area contributed by atoms with E-state index in [1.54, 1.807) is 31.2 Å². The van der Waals surface area contributed by atoms with Gasteiger partial charge in [-0.15, -0.1) is 0 Å². The highest BCUT2D eigenvalue weighted by atomic mass is 16.4. The van der Waals surface area contributed by atoms with Crippen LogP contribution < -0.4 is 5.32 Å². The number of nitrogens with one attached hydrogen (secondary N) is 1. The fraction of sp³-hybridized carbons (Fsp3) is 0.500. The third-order valence-electron chi connectivity index (χ3n) is 3.75. The number of likely N-dealkylation sites (N-methyl/N-ethyl adjacent to an activating group) is 1. The number of amides is 1. The summed E-state index contributed by atoms with van der Waals surface area (Å²) < 4.78 is 0. The van der Waals surface area contributed by atoms with E-state index in [4.69, 9.17) is 0 Å². The maximum atomic E-state index is 12.0. The summed E-state index contributed by atoms with van der Waals surface area (Å²) in [5, 5.41) is 12.3. The second-order valence-corrected chi connectivity index (χ2v) is 5.43. The number of carbonyl (C=O) groups is 2. The molecule has 1 aromatic carbocycles. The average molecular weight is 292 g/mol. The van der Waals surface area contributed by atoms with E-state index < -0.39 is 11.4 Å². The van der Waals surface area contributed by atoms with Crippen molar-refractivity contribution in [2.75, 3.05) is 26.7 Å². The van der Waals surface area contributed by atoms with Gasteiger partial charge in [-0.25, -0.2) is 0 Å². The van der Waals surface area contributed by atoms with E-state index in [2.05, 4.69) is 10.2 Å². The number of benzene rings is 1. The molecule has 0 bridgehead atoms. The molecule has 1 atom stereocenters. The predicted molar refractivity (Wildman–Crippen MR) is 82.2 cm³/mol. The summed E-state index contributed by atoms with van der Waals surface area (Å²) in [4.78, 5) is 25.7. The lowest BCUT2D eigenvalue weighted by Crippen LogP contribution is -2.40. The van der Waals surface area contributed by atoms with Gasteiger partial charge in [-0.05, 0) is 26.1 Å². The molecule has 0 aliphatic rings. The van der Waals surface area contributed by atoms with E-state index in [1.807, 2.05) is 20.0 Å². The van der Waals surface area contributed by atoms with Crippen molar-refractivity contribution < 1.29 is 14.7 Å². The Balaban J connectivity index is 2.67. The second-order valence-electron chi connectivity index (χ2n) is 5.43. The van der Waals surface area contributed by atoms with E-state index in [0.29, 0.717) is 12.1 Å². The van der Waals surface area contributed by atoms with Gasteiger partial charge in [0.25, 0.3) is 0 Å². The largest absolute Gasteiger partial charge is 0.481 e. The number of nitrogens with zero attached hydrogens (tertiary/aromatic N) is 1. The zero-order chi connectivity index (χ0) is 15.9. The first kappa shape index (κ1) is 17.2. The van der Waals surface area contributed by atoms with Crippen molar-refractivity contribution in [3.8, 4) is 0 Å². The van der Waals surface area contributed by atoms with Gasteiger partial charge >= 0.3 is 5.97 Å². The second kappa shape index (κ2) is 7.78. The van der Waals surface area contributed by atoms with Crippen LogP contribution in [0.4, 0.5) is 0 Å². The third kappa shape index (κ3) is 4.86. The highest BCUT2D eigenvalue weighted by molar-refractivity contribution is 5.89. The Bertz CT molecular complexity index is 476. The molecule has 0 aliphatic carbocycles. The molecule has 1 aromatic rings. The minimum absolute atomic E-state index is 0.0673. The predicted octanol–water partition coefficient (Wildman–Crippen LogP) is 1.49. The molecule has 5 nitrogen and oxygen atoms in total. The van der Waals surface area contributed by atoms with Crippen LogP contribution in [-0.2, 0) is 15.0 Å². The Morgan fingerprint density at radius 1 is 1.29 bits per heavy atom. The smallest absolute Gasteiger partial charge is 0.314 e. The van der Waals surface area contributed by atoms with Crippen LogP contribution >= 0.6 is 0 Å². The van der Waals surface area contributed by atoms with Gasteiger partial charge in [-0.1, -0.05) is 37.3 Å². The lowest BCUT2D eigenvalue weighted by Gasteiger charge is -2.25. The number of aliphatic carboxylic acids is 1. The molecule has 5 heteroatoms. The normalized spacial score (nSPS) is 13.7. The fourth-order valence-electron chi connectivity index (χ4n) is 2.04. The fourth-order valence-corrected chi connectivity index (χ4v) is 2.04. The first-order chi connectivity index (χ1) is 9.90. The van der Waals surface area contributed by atoms with Crippen molar-refractivity contribution in [3.63, 3.8) is 0 Å². The molecule has 1 unspecified atom stereocenters. The van der Waals surface area contributed by atoms with E-state index in [-0.39, 0.29) is 12.3 Å². The van der Waals surface area contributed by atoms with Crippen molar-refractivity contribution in [1.29, 1.82) is 0 Å². The Morgan fingerprint density at radius 2 is 1.90 bits per heavy atom. The van der Waals surface area contributed by atoms with Gasteiger partial charge in [0.2, 0.25) is 5.91 Å². The van der Waals surface area contributed by atoms with Gasteiger partial charge in [0.1, 0.15) is 0 Å². The third-order valence-corrected chi connectivity index (χ3v) is 3.75. The summed E-state index contributed by atoms with van der Waals surface area (Å²) in [7, 11) is 1.97. The Morgan fingerprint density at radius 3 is 2.43 bits per heavy atom. The zero-order valence-corrected chi connectivity index (χ0v) is 12.9. The maximum Gasteiger partial charge on any atom is 0.314 e. The van der Waals surface area contributed by atoms with Crippen LogP contribution in [0.5, 0.6) is 0 Å². The molecule has 0 saturated carbocycles. The van der Waals surface area contributed by atoms with Crippen molar-refractivity contribution in [3.05, 3.63) is 35.9 Å². The molecule has 21 heavy (non-hydrogen) atoms. The molecule has 0 heterocycles. The van der Waals surface area contributed by atoms with Gasteiger partial charge in [0.15, 0.2) is 0 Å². The molecule has 0 aliphatic heterocycles. The van der Waals surface area contributed by atoms with Crippen molar-refractivity contribution in [2.24, 2.45) is 0 Å². The van der Waals surface area contributed by atoms with E-state index in [9.17, 15) is 14.7 Å². The number of carboxylic acids is 1. The minimum atomic E-state index is -1.21. The van der Waals surface area contributed by atoms with Gasteiger partial charge in [-0.3, -0.25) is 9.59 Å². The van der Waals surface area contributed by atoms with Crippen LogP contribution in [0.25, 0.3) is 0 Å². The Hall–Kier alpha value is -1.88. The topological polar surface area (TPSA) is 69.6 Å². The highest BCUT2D eigenvalue weighted by Crippen LogP contribution is 2.27. The highest BCUT2D eigenvalue weighted by Gasteiger charge is 2.37. The first-order valence-corrected chi connectivity index (χ1v) is 7.14. The maximum absolute atomic E-state index is 12.0. The van der Waals surface area contributed by atoms with Gasteiger partial charge in [0, 0.05) is 19.5 Å². The Kier molecular flexibility index (Phi) is 6.37. The van der Waals surface area contributed by atoms with E-state index in [1.165, 1.54) is 0 Å². The molecule has 1 amide bonds. The number of carboxylic acid groups (broad SMARTS) is 1. The molecule has 0 aromatic heterocycles. The summed E-state index contributed by atoms with van der Waals surface area (Å²) in [5.74, 6) is -1.23. The van der Waals surface area contributed by atoms with Crippen LogP contribution in [0.3, 0.4) is 0 Å². The SMILES string of the molecule is CCN(C)CCNC(=O)CC(C)(C(=O)O)c1ccccc1. The number of rotatable bonds is 8. The van der Waals surface area contributed by atoms with Crippen LogP contribution in [0.15, 0.2) is 30.3 Å². The molecule has 0 spiro atoms. The van der Waals surface area contributed by atoms with Crippen LogP contribution in [0, 0.1) is 0 Å². The first-order valence-electron chi connectivity index (χ1n) is 7.14. The van der Waals surface area contributed by atoms with Crippen LogP contribution in [-0.4, -0.2) is 48.6 Å². The quantitative estimate of drug-likeness (QED) is 0.761. The van der Waals surface area contributed by atoms with Gasteiger partial charge in [0.05, 0.1) is 5.41 Å². The number of hydrogen-bond acceptors (Lipinski definition) is 3. The lowest BCUT2D eigenvalue weighted by atomic mass is 9.79. The van der Waals surface area contributed by atoms with Crippen LogP contribution in [0.2, 0.25) is 0 Å². The zero-order valence-electron chi connectivity index (χ0n) is 12.9. The molecule has 0 fully saturated rings. The lowest BCUT2D eigenvalue weighted by molar-refractivity contribution is -0.145. The molecule has 1 rings (SSSR count). The monoisotopic (exact) mass is 292 g/mol. The molecule has 116 valence electrons. The van der Waals surface area contributed by atoms with Crippen molar-refractivity contribution in [1.82, 2.24) is 10.2 Å². The number of carbonyl (C=O) groups excluding carboxylic acids is 1. The Labute approximate surface area is 126 Å².